The van der Waals surface area contributed by atoms with E-state index in [-0.39, 0.29) is 0 Å². The van der Waals surface area contributed by atoms with Crippen LogP contribution in [0.2, 0.25) is 0 Å². The Morgan fingerprint density at radius 1 is 1.26 bits per heavy atom. The highest BCUT2D eigenvalue weighted by molar-refractivity contribution is 5.18. The Morgan fingerprint density at radius 2 is 2.05 bits per heavy atom. The lowest BCUT2D eigenvalue weighted by atomic mass is 9.88. The van der Waals surface area contributed by atoms with E-state index in [4.69, 9.17) is 0 Å². The molecule has 2 heteroatoms. The van der Waals surface area contributed by atoms with Crippen molar-refractivity contribution in [2.24, 2.45) is 5.92 Å². The van der Waals surface area contributed by atoms with Gasteiger partial charge in [0.15, 0.2) is 0 Å². The first kappa shape index (κ1) is 16.2. The quantitative estimate of drug-likeness (QED) is 0.724. The minimum atomic E-state index is 0.565. The predicted molar refractivity (Wildman–Crippen MR) is 83.4 cm³/mol. The van der Waals surface area contributed by atoms with E-state index in [1.165, 1.54) is 36.9 Å². The number of aryl methyl sites for hydroxylation is 1. The number of unbranched alkanes of at least 4 members (excludes halogenated alkanes) is 1. The van der Waals surface area contributed by atoms with Crippen molar-refractivity contribution in [2.45, 2.75) is 65.8 Å². The molecule has 0 fully saturated rings. The lowest BCUT2D eigenvalue weighted by molar-refractivity contribution is 0.317. The summed E-state index contributed by atoms with van der Waals surface area (Å²) in [5.41, 5.74) is 2.57. The molecule has 0 bridgehead atoms. The second kappa shape index (κ2) is 9.08. The lowest BCUT2D eigenvalue weighted by Gasteiger charge is -2.27. The zero-order valence-corrected chi connectivity index (χ0v) is 13.1. The minimum Gasteiger partial charge on any atom is -0.314 e. The van der Waals surface area contributed by atoms with Gasteiger partial charge in [0.1, 0.15) is 0 Å². The number of nitrogens with zero attached hydrogens (tertiary/aromatic N) is 1. The van der Waals surface area contributed by atoms with Gasteiger partial charge < -0.3 is 5.32 Å². The van der Waals surface area contributed by atoms with Crippen molar-refractivity contribution in [3.8, 4) is 0 Å². The van der Waals surface area contributed by atoms with Crippen LogP contribution >= 0.6 is 0 Å². The van der Waals surface area contributed by atoms with Gasteiger partial charge in [-0.3, -0.25) is 4.98 Å². The van der Waals surface area contributed by atoms with E-state index in [1.807, 2.05) is 12.3 Å². The van der Waals surface area contributed by atoms with Gasteiger partial charge >= 0.3 is 0 Å². The number of hydrogen-bond donors (Lipinski definition) is 1. The van der Waals surface area contributed by atoms with Gasteiger partial charge in [-0.15, -0.1) is 0 Å². The molecule has 1 N–H and O–H groups in total. The first-order valence-corrected chi connectivity index (χ1v) is 7.86. The van der Waals surface area contributed by atoms with Crippen molar-refractivity contribution in [1.29, 1.82) is 0 Å². The monoisotopic (exact) mass is 262 g/mol. The number of hydrogen-bond acceptors (Lipinski definition) is 2. The Kier molecular flexibility index (Phi) is 7.73. The van der Waals surface area contributed by atoms with Crippen LogP contribution in [0.3, 0.4) is 0 Å². The third kappa shape index (κ3) is 5.32. The van der Waals surface area contributed by atoms with Gasteiger partial charge in [0.25, 0.3) is 0 Å². The number of nitrogens with one attached hydrogen (secondary N) is 1. The molecule has 0 radical (unpaired) electrons. The standard InChI is InChI=1S/C17H30N2/c1-5-8-11-15(6-2)17(18-7-3)13-16-14(4)10-9-12-19-16/h9-10,12,15,17-18H,5-8,11,13H2,1-4H3. The lowest BCUT2D eigenvalue weighted by Crippen LogP contribution is -2.38. The third-order valence-electron chi connectivity index (χ3n) is 4.02. The van der Waals surface area contributed by atoms with E-state index in [2.05, 4.69) is 44.1 Å². The highest BCUT2D eigenvalue weighted by Crippen LogP contribution is 2.20. The molecule has 0 aliphatic rings. The average molecular weight is 262 g/mol. The smallest absolute Gasteiger partial charge is 0.0448 e. The summed E-state index contributed by atoms with van der Waals surface area (Å²) in [6, 6.07) is 4.75. The largest absolute Gasteiger partial charge is 0.314 e. The van der Waals surface area contributed by atoms with Crippen molar-refractivity contribution in [2.75, 3.05) is 6.54 Å². The van der Waals surface area contributed by atoms with Crippen LogP contribution in [0.1, 0.15) is 57.7 Å². The summed E-state index contributed by atoms with van der Waals surface area (Å²) in [5, 5.41) is 3.68. The molecular formula is C17H30N2. The Balaban J connectivity index is 2.72. The first-order valence-electron chi connectivity index (χ1n) is 7.86. The van der Waals surface area contributed by atoms with Crippen molar-refractivity contribution in [1.82, 2.24) is 10.3 Å². The maximum absolute atomic E-state index is 4.56. The summed E-state index contributed by atoms with van der Waals surface area (Å²) in [5.74, 6) is 0.765. The maximum Gasteiger partial charge on any atom is 0.0448 e. The van der Waals surface area contributed by atoms with Crippen LogP contribution < -0.4 is 5.32 Å². The van der Waals surface area contributed by atoms with Crippen LogP contribution in [0.25, 0.3) is 0 Å². The Hall–Kier alpha value is -0.890. The van der Waals surface area contributed by atoms with Crippen LogP contribution in [-0.4, -0.2) is 17.6 Å². The third-order valence-corrected chi connectivity index (χ3v) is 4.02. The topological polar surface area (TPSA) is 24.9 Å². The molecule has 0 aliphatic heterocycles. The Morgan fingerprint density at radius 3 is 2.63 bits per heavy atom. The maximum atomic E-state index is 4.56. The van der Waals surface area contributed by atoms with E-state index in [0.717, 1.165) is 18.9 Å². The molecule has 0 aromatic carbocycles. The fourth-order valence-electron chi connectivity index (χ4n) is 2.76. The zero-order valence-electron chi connectivity index (χ0n) is 13.1. The molecule has 2 nitrogen and oxygen atoms in total. The van der Waals surface area contributed by atoms with E-state index in [9.17, 15) is 0 Å². The fourth-order valence-corrected chi connectivity index (χ4v) is 2.76. The predicted octanol–water partition coefficient (Wildman–Crippen LogP) is 4.13. The van der Waals surface area contributed by atoms with Crippen LogP contribution in [0.15, 0.2) is 18.3 Å². The van der Waals surface area contributed by atoms with Crippen molar-refractivity contribution in [3.63, 3.8) is 0 Å². The Bertz CT molecular complexity index is 349. The zero-order chi connectivity index (χ0) is 14.1. The molecular weight excluding hydrogens is 232 g/mol. The molecule has 108 valence electrons. The van der Waals surface area contributed by atoms with Crippen LogP contribution in [0.5, 0.6) is 0 Å². The number of pyridine rings is 1. The summed E-state index contributed by atoms with van der Waals surface area (Å²) in [6.07, 6.45) is 8.18. The second-order valence-corrected chi connectivity index (χ2v) is 5.45. The highest BCUT2D eigenvalue weighted by atomic mass is 14.9. The molecule has 1 heterocycles. The van der Waals surface area contributed by atoms with E-state index < -0.39 is 0 Å². The van der Waals surface area contributed by atoms with Crippen LogP contribution in [0.4, 0.5) is 0 Å². The van der Waals surface area contributed by atoms with Crippen molar-refractivity contribution in [3.05, 3.63) is 29.6 Å². The number of aromatic nitrogens is 1. The molecule has 0 spiro atoms. The molecule has 2 atom stereocenters. The van der Waals surface area contributed by atoms with Gasteiger partial charge in [-0.2, -0.15) is 0 Å². The molecule has 1 aromatic heterocycles. The highest BCUT2D eigenvalue weighted by Gasteiger charge is 2.20. The van der Waals surface area contributed by atoms with Crippen LogP contribution in [-0.2, 0) is 6.42 Å². The molecule has 0 saturated heterocycles. The normalized spacial score (nSPS) is 14.3. The molecule has 0 aliphatic carbocycles. The number of rotatable bonds is 9. The van der Waals surface area contributed by atoms with Crippen molar-refractivity contribution < 1.29 is 0 Å². The fraction of sp³-hybridized carbons (Fsp3) is 0.706. The van der Waals surface area contributed by atoms with Gasteiger partial charge in [0, 0.05) is 24.4 Å². The minimum absolute atomic E-state index is 0.565. The van der Waals surface area contributed by atoms with Gasteiger partial charge in [-0.1, -0.05) is 46.1 Å². The molecule has 0 amide bonds. The summed E-state index contributed by atoms with van der Waals surface area (Å²) >= 11 is 0. The summed E-state index contributed by atoms with van der Waals surface area (Å²) < 4.78 is 0. The second-order valence-electron chi connectivity index (χ2n) is 5.45. The van der Waals surface area contributed by atoms with E-state index >= 15 is 0 Å². The average Bonchev–Trinajstić information content (AvgIpc) is 2.42. The van der Waals surface area contributed by atoms with E-state index in [1.54, 1.807) is 0 Å². The van der Waals surface area contributed by atoms with Gasteiger partial charge in [0.2, 0.25) is 0 Å². The van der Waals surface area contributed by atoms with Gasteiger partial charge in [-0.05, 0) is 37.4 Å². The summed E-state index contributed by atoms with van der Waals surface area (Å²) in [7, 11) is 0. The SMILES string of the molecule is CCCCC(CC)C(Cc1ncccc1C)NCC. The summed E-state index contributed by atoms with van der Waals surface area (Å²) in [6.45, 7) is 10.00. The molecule has 1 aromatic rings. The number of likely N-dealkylation sites (N-methyl/N-ethyl adjacent to an activating group) is 1. The molecule has 2 unspecified atom stereocenters. The first-order chi connectivity index (χ1) is 9.22. The van der Waals surface area contributed by atoms with Gasteiger partial charge in [0.05, 0.1) is 0 Å². The van der Waals surface area contributed by atoms with Gasteiger partial charge in [-0.25, -0.2) is 0 Å². The summed E-state index contributed by atoms with van der Waals surface area (Å²) in [4.78, 5) is 4.56. The molecule has 19 heavy (non-hydrogen) atoms. The Labute approximate surface area is 119 Å². The van der Waals surface area contributed by atoms with Crippen LogP contribution in [0, 0.1) is 12.8 Å². The van der Waals surface area contributed by atoms with E-state index in [0.29, 0.717) is 6.04 Å². The van der Waals surface area contributed by atoms with Crippen molar-refractivity contribution >= 4 is 0 Å². The molecule has 1 rings (SSSR count). The molecule has 0 saturated carbocycles.